The summed E-state index contributed by atoms with van der Waals surface area (Å²) in [6.45, 7) is 2.48. The fourth-order valence-electron chi connectivity index (χ4n) is 3.41. The van der Waals surface area contributed by atoms with Crippen molar-refractivity contribution in [1.29, 1.82) is 0 Å². The van der Waals surface area contributed by atoms with Crippen LogP contribution in [0.1, 0.15) is 5.69 Å². The van der Waals surface area contributed by atoms with E-state index in [1.807, 2.05) is 48.2 Å². The Morgan fingerprint density at radius 2 is 2.11 bits per heavy atom. The fraction of sp³-hybridized carbons (Fsp3) is 0.150. The lowest BCUT2D eigenvalue weighted by atomic mass is 10.1. The molecule has 0 spiro atoms. The predicted octanol–water partition coefficient (Wildman–Crippen LogP) is 3.12. The molecule has 8 heteroatoms. The van der Waals surface area contributed by atoms with Crippen molar-refractivity contribution in [3.05, 3.63) is 60.9 Å². The highest BCUT2D eigenvalue weighted by atomic mass is 16.3. The largest absolute Gasteiger partial charge is 0.394 e. The highest BCUT2D eigenvalue weighted by Crippen LogP contribution is 2.29. The van der Waals surface area contributed by atoms with Gasteiger partial charge in [-0.3, -0.25) is 9.67 Å². The number of nitrogens with one attached hydrogen (secondary N) is 2. The van der Waals surface area contributed by atoms with E-state index in [0.29, 0.717) is 12.4 Å². The van der Waals surface area contributed by atoms with Crippen LogP contribution < -0.4 is 5.32 Å². The van der Waals surface area contributed by atoms with Gasteiger partial charge in [0.15, 0.2) is 11.5 Å². The van der Waals surface area contributed by atoms with Gasteiger partial charge < -0.3 is 19.8 Å². The molecule has 28 heavy (non-hydrogen) atoms. The topological polar surface area (TPSA) is 96.1 Å². The molecular weight excluding hydrogens is 354 g/mol. The summed E-state index contributed by atoms with van der Waals surface area (Å²) in [6.07, 6.45) is 9.48. The highest BCUT2D eigenvalue weighted by molar-refractivity contribution is 5.83. The number of anilines is 2. The smallest absolute Gasteiger partial charge is 0.160 e. The number of aliphatic hydroxyl groups is 1. The Kier molecular flexibility index (Phi) is 3.84. The Bertz CT molecular complexity index is 1280. The minimum Gasteiger partial charge on any atom is -0.394 e. The third-order valence-electron chi connectivity index (χ3n) is 4.78. The zero-order valence-corrected chi connectivity index (χ0v) is 15.3. The van der Waals surface area contributed by atoms with Crippen LogP contribution in [0.2, 0.25) is 0 Å². The molecule has 8 nitrogen and oxygen atoms in total. The number of aliphatic hydroxyl groups excluding tert-OH is 1. The third-order valence-corrected chi connectivity index (χ3v) is 4.78. The summed E-state index contributed by atoms with van der Waals surface area (Å²) in [7, 11) is 0. The summed E-state index contributed by atoms with van der Waals surface area (Å²) in [5.41, 5.74) is 6.61. The quantitative estimate of drug-likeness (QED) is 0.440. The molecule has 0 aromatic carbocycles. The molecule has 0 fully saturated rings. The van der Waals surface area contributed by atoms with Gasteiger partial charge in [-0.05, 0) is 25.1 Å². The second-order valence-electron chi connectivity index (χ2n) is 6.68. The summed E-state index contributed by atoms with van der Waals surface area (Å²) < 4.78 is 3.76. The number of nitrogens with zero attached hydrogens (tertiary/aromatic N) is 5. The number of fused-ring (bicyclic) bond motifs is 2. The van der Waals surface area contributed by atoms with Crippen molar-refractivity contribution in [2.45, 2.75) is 13.5 Å². The zero-order chi connectivity index (χ0) is 19.1. The molecule has 0 aliphatic rings. The summed E-state index contributed by atoms with van der Waals surface area (Å²) >= 11 is 0. The van der Waals surface area contributed by atoms with Crippen molar-refractivity contribution in [2.75, 3.05) is 11.9 Å². The molecule has 5 heterocycles. The minimum absolute atomic E-state index is 0.0518. The summed E-state index contributed by atoms with van der Waals surface area (Å²) in [5.74, 6) is 0.714. The van der Waals surface area contributed by atoms with E-state index in [4.69, 9.17) is 0 Å². The van der Waals surface area contributed by atoms with E-state index in [0.717, 1.165) is 39.2 Å². The zero-order valence-electron chi connectivity index (χ0n) is 15.3. The molecule has 0 amide bonds. The van der Waals surface area contributed by atoms with Crippen molar-refractivity contribution in [2.24, 2.45) is 0 Å². The average Bonchev–Trinajstić information content (AvgIpc) is 3.41. The van der Waals surface area contributed by atoms with E-state index in [-0.39, 0.29) is 6.61 Å². The van der Waals surface area contributed by atoms with Gasteiger partial charge in [0.25, 0.3) is 0 Å². The van der Waals surface area contributed by atoms with Gasteiger partial charge in [-0.15, -0.1) is 0 Å². The Morgan fingerprint density at radius 3 is 3.00 bits per heavy atom. The van der Waals surface area contributed by atoms with Crippen LogP contribution in [0.4, 0.5) is 11.5 Å². The average molecular weight is 373 g/mol. The predicted molar refractivity (Wildman–Crippen MR) is 108 cm³/mol. The lowest BCUT2D eigenvalue weighted by molar-refractivity contribution is 0.268. The molecule has 0 atom stereocenters. The van der Waals surface area contributed by atoms with Gasteiger partial charge in [0.05, 0.1) is 29.9 Å². The molecule has 0 saturated heterocycles. The van der Waals surface area contributed by atoms with Crippen molar-refractivity contribution in [3.63, 3.8) is 0 Å². The number of pyridine rings is 2. The van der Waals surface area contributed by atoms with Crippen LogP contribution in [0.25, 0.3) is 27.8 Å². The number of rotatable bonds is 5. The van der Waals surface area contributed by atoms with Gasteiger partial charge in [0, 0.05) is 53.9 Å². The van der Waals surface area contributed by atoms with Gasteiger partial charge >= 0.3 is 0 Å². The van der Waals surface area contributed by atoms with Crippen LogP contribution in [0.3, 0.4) is 0 Å². The van der Waals surface area contributed by atoms with E-state index in [2.05, 4.69) is 37.5 Å². The minimum atomic E-state index is 0.0518. The number of aryl methyl sites for hydroxylation is 1. The van der Waals surface area contributed by atoms with E-state index in [1.165, 1.54) is 0 Å². The lowest BCUT2D eigenvalue weighted by Gasteiger charge is -2.09. The molecule has 0 radical (unpaired) electrons. The number of hydrogen-bond acceptors (Lipinski definition) is 5. The van der Waals surface area contributed by atoms with Gasteiger partial charge in [-0.1, -0.05) is 0 Å². The third kappa shape index (κ3) is 2.80. The van der Waals surface area contributed by atoms with Crippen LogP contribution >= 0.6 is 0 Å². The Hall–Kier alpha value is -3.65. The monoisotopic (exact) mass is 373 g/mol. The summed E-state index contributed by atoms with van der Waals surface area (Å²) in [6, 6.07) is 8.04. The van der Waals surface area contributed by atoms with Crippen molar-refractivity contribution in [3.8, 4) is 11.1 Å². The number of H-pyrrole nitrogens is 1. The Labute approximate surface area is 160 Å². The number of aromatic amines is 1. The van der Waals surface area contributed by atoms with Crippen molar-refractivity contribution in [1.82, 2.24) is 29.1 Å². The van der Waals surface area contributed by atoms with Gasteiger partial charge in [-0.2, -0.15) is 5.10 Å². The summed E-state index contributed by atoms with van der Waals surface area (Å²) in [4.78, 5) is 12.2. The first-order chi connectivity index (χ1) is 13.7. The molecule has 0 unspecified atom stereocenters. The van der Waals surface area contributed by atoms with E-state index in [9.17, 15) is 5.11 Å². The molecule has 140 valence electrons. The molecular formula is C20H19N7O. The highest BCUT2D eigenvalue weighted by Gasteiger charge is 2.11. The van der Waals surface area contributed by atoms with E-state index >= 15 is 0 Å². The maximum Gasteiger partial charge on any atom is 0.160 e. The number of hydrogen-bond donors (Lipinski definition) is 3. The fourth-order valence-corrected chi connectivity index (χ4v) is 3.41. The van der Waals surface area contributed by atoms with Crippen LogP contribution in [0.15, 0.2) is 55.2 Å². The van der Waals surface area contributed by atoms with Crippen LogP contribution in [0, 0.1) is 6.92 Å². The van der Waals surface area contributed by atoms with Crippen molar-refractivity contribution >= 4 is 28.2 Å². The first-order valence-corrected chi connectivity index (χ1v) is 9.04. The van der Waals surface area contributed by atoms with Crippen LogP contribution in [-0.2, 0) is 6.54 Å². The normalized spacial score (nSPS) is 11.5. The molecule has 0 saturated carbocycles. The lowest BCUT2D eigenvalue weighted by Crippen LogP contribution is -2.06. The van der Waals surface area contributed by atoms with E-state index < -0.39 is 0 Å². The Morgan fingerprint density at radius 1 is 1.18 bits per heavy atom. The molecule has 0 bridgehead atoms. The van der Waals surface area contributed by atoms with Gasteiger partial charge in [0.2, 0.25) is 0 Å². The second-order valence-corrected chi connectivity index (χ2v) is 6.68. The molecule has 0 aliphatic carbocycles. The van der Waals surface area contributed by atoms with E-state index in [1.54, 1.807) is 10.9 Å². The maximum atomic E-state index is 9.18. The molecule has 3 N–H and O–H groups in total. The standard InChI is InChI=1S/C20H19N7O/c1-13-8-19(25-27(13)6-7-28)24-18-10-15(12-26-5-4-22-20(18)26)14-9-17-16(23-11-14)2-3-21-17/h2-5,8-12,21,28H,6-7H2,1H3,(H,24,25). The molecule has 5 aromatic heterocycles. The van der Waals surface area contributed by atoms with Crippen LogP contribution in [-0.4, -0.2) is 40.8 Å². The van der Waals surface area contributed by atoms with Crippen molar-refractivity contribution < 1.29 is 5.11 Å². The SMILES string of the molecule is Cc1cc(Nc2cc(-c3cnc4cc[nH]c4c3)cn3ccnc23)nn1CCO. The van der Waals surface area contributed by atoms with Gasteiger partial charge in [-0.25, -0.2) is 4.98 Å². The summed E-state index contributed by atoms with van der Waals surface area (Å²) in [5, 5.41) is 17.1. The second kappa shape index (κ2) is 6.50. The first kappa shape index (κ1) is 16.5. The number of imidazole rings is 1. The Balaban J connectivity index is 1.58. The molecule has 5 rings (SSSR count). The first-order valence-electron chi connectivity index (χ1n) is 9.04. The number of aromatic nitrogens is 6. The van der Waals surface area contributed by atoms with Gasteiger partial charge in [0.1, 0.15) is 0 Å². The molecule has 5 aromatic rings. The maximum absolute atomic E-state index is 9.18. The van der Waals surface area contributed by atoms with Crippen LogP contribution in [0.5, 0.6) is 0 Å². The molecule has 0 aliphatic heterocycles.